The van der Waals surface area contributed by atoms with E-state index < -0.39 is 0 Å². The van der Waals surface area contributed by atoms with Crippen molar-refractivity contribution in [2.24, 2.45) is 0 Å². The molecule has 1 rings (SSSR count). The zero-order valence-electron chi connectivity index (χ0n) is 7.82. The van der Waals surface area contributed by atoms with E-state index in [-0.39, 0.29) is 0 Å². The fraction of sp³-hybridized carbons (Fsp3) is 0.300. The van der Waals surface area contributed by atoms with Gasteiger partial charge in [0.05, 0.1) is 18.7 Å². The summed E-state index contributed by atoms with van der Waals surface area (Å²) in [4.78, 5) is 4.98. The van der Waals surface area contributed by atoms with Crippen molar-refractivity contribution in [2.45, 2.75) is 6.54 Å². The lowest BCUT2D eigenvalue weighted by molar-refractivity contribution is -0.116. The molecule has 0 aliphatic heterocycles. The summed E-state index contributed by atoms with van der Waals surface area (Å²) in [7, 11) is 3.49. The lowest BCUT2D eigenvalue weighted by atomic mass is 10.1. The first kappa shape index (κ1) is 9.72. The van der Waals surface area contributed by atoms with E-state index in [1.807, 2.05) is 19.2 Å². The van der Waals surface area contributed by atoms with Gasteiger partial charge in [0.15, 0.2) is 0 Å². The van der Waals surface area contributed by atoms with Crippen molar-refractivity contribution in [3.63, 3.8) is 0 Å². The first-order chi connectivity index (χ1) is 6.26. The number of hydrogen-bond acceptors (Lipinski definition) is 3. The van der Waals surface area contributed by atoms with Gasteiger partial charge in [-0.1, -0.05) is 12.1 Å². The third-order valence-corrected chi connectivity index (χ3v) is 1.80. The van der Waals surface area contributed by atoms with Crippen molar-refractivity contribution >= 4 is 0 Å². The number of rotatable bonds is 3. The molecule has 0 aliphatic carbocycles. The average Bonchev–Trinajstić information content (AvgIpc) is 2.19. The largest absolute Gasteiger partial charge is 0.302 e. The molecule has 0 saturated heterocycles. The van der Waals surface area contributed by atoms with Crippen LogP contribution in [-0.4, -0.2) is 19.2 Å². The van der Waals surface area contributed by atoms with Crippen LogP contribution in [-0.2, 0) is 11.4 Å². The minimum Gasteiger partial charge on any atom is -0.302 e. The molecule has 0 aromatic heterocycles. The molecule has 0 bridgehead atoms. The van der Waals surface area contributed by atoms with Gasteiger partial charge in [-0.25, -0.2) is 0 Å². The van der Waals surface area contributed by atoms with Crippen LogP contribution in [0.25, 0.3) is 0 Å². The molecular formula is C10H12N2O. The fourth-order valence-corrected chi connectivity index (χ4v) is 1.01. The van der Waals surface area contributed by atoms with E-state index >= 15 is 0 Å². The fourth-order valence-electron chi connectivity index (χ4n) is 1.01. The molecule has 3 heteroatoms. The van der Waals surface area contributed by atoms with E-state index in [4.69, 9.17) is 10.1 Å². The van der Waals surface area contributed by atoms with Gasteiger partial charge in [0, 0.05) is 13.6 Å². The Labute approximate surface area is 78.1 Å². The average molecular weight is 176 g/mol. The molecule has 68 valence electrons. The molecular weight excluding hydrogens is 164 g/mol. The topological polar surface area (TPSA) is 36.3 Å². The Hall–Kier alpha value is -1.37. The van der Waals surface area contributed by atoms with Crippen molar-refractivity contribution in [3.05, 3.63) is 35.4 Å². The summed E-state index contributed by atoms with van der Waals surface area (Å²) < 4.78 is 0. The van der Waals surface area contributed by atoms with Gasteiger partial charge in [-0.05, 0) is 17.7 Å². The van der Waals surface area contributed by atoms with Crippen LogP contribution in [0.4, 0.5) is 0 Å². The monoisotopic (exact) mass is 176 g/mol. The van der Waals surface area contributed by atoms with E-state index in [2.05, 4.69) is 6.07 Å². The Morgan fingerprint density at radius 3 is 2.46 bits per heavy atom. The van der Waals surface area contributed by atoms with E-state index in [0.717, 1.165) is 12.1 Å². The van der Waals surface area contributed by atoms with Crippen LogP contribution in [0, 0.1) is 11.3 Å². The summed E-state index contributed by atoms with van der Waals surface area (Å²) in [5.41, 5.74) is 1.81. The van der Waals surface area contributed by atoms with Crippen LogP contribution >= 0.6 is 0 Å². The molecule has 0 radical (unpaired) electrons. The predicted molar refractivity (Wildman–Crippen MR) is 49.6 cm³/mol. The Morgan fingerprint density at radius 2 is 2.00 bits per heavy atom. The molecule has 0 amide bonds. The first-order valence-electron chi connectivity index (χ1n) is 4.00. The molecule has 13 heavy (non-hydrogen) atoms. The van der Waals surface area contributed by atoms with Gasteiger partial charge in [-0.15, -0.1) is 0 Å². The molecule has 0 fully saturated rings. The highest BCUT2D eigenvalue weighted by molar-refractivity contribution is 5.31. The minimum absolute atomic E-state index is 0.684. The number of hydroxylamine groups is 2. The Bertz CT molecular complexity index is 300. The smallest absolute Gasteiger partial charge is 0.0991 e. The molecule has 0 N–H and O–H groups in total. The second kappa shape index (κ2) is 4.61. The lowest BCUT2D eigenvalue weighted by Gasteiger charge is -2.12. The standard InChI is InChI=1S/C10H12N2O/c1-12(13-2)8-10-5-3-9(7-11)4-6-10/h3-6H,8H2,1-2H3. The molecule has 0 saturated carbocycles. The maximum Gasteiger partial charge on any atom is 0.0991 e. The third-order valence-electron chi connectivity index (χ3n) is 1.80. The second-order valence-electron chi connectivity index (χ2n) is 2.78. The molecule has 1 aromatic carbocycles. The Morgan fingerprint density at radius 1 is 1.38 bits per heavy atom. The molecule has 0 aliphatic rings. The molecule has 0 heterocycles. The van der Waals surface area contributed by atoms with Gasteiger partial charge >= 0.3 is 0 Å². The van der Waals surface area contributed by atoms with Crippen LogP contribution in [0.3, 0.4) is 0 Å². The lowest BCUT2D eigenvalue weighted by Crippen LogP contribution is -2.15. The highest BCUT2D eigenvalue weighted by atomic mass is 16.7. The van der Waals surface area contributed by atoms with Crippen LogP contribution in [0.2, 0.25) is 0 Å². The van der Waals surface area contributed by atoms with E-state index in [1.165, 1.54) is 0 Å². The van der Waals surface area contributed by atoms with Gasteiger partial charge in [0.2, 0.25) is 0 Å². The highest BCUT2D eigenvalue weighted by Crippen LogP contribution is 2.05. The van der Waals surface area contributed by atoms with Gasteiger partial charge in [0.25, 0.3) is 0 Å². The van der Waals surface area contributed by atoms with Gasteiger partial charge in [0.1, 0.15) is 0 Å². The summed E-state index contributed by atoms with van der Waals surface area (Å²) in [6.07, 6.45) is 0. The molecule has 0 atom stereocenters. The van der Waals surface area contributed by atoms with E-state index in [9.17, 15) is 0 Å². The van der Waals surface area contributed by atoms with Crippen molar-refractivity contribution in [1.82, 2.24) is 5.06 Å². The molecule has 0 spiro atoms. The molecule has 1 aromatic rings. The van der Waals surface area contributed by atoms with Crippen LogP contribution in [0.1, 0.15) is 11.1 Å². The summed E-state index contributed by atoms with van der Waals surface area (Å²) >= 11 is 0. The second-order valence-corrected chi connectivity index (χ2v) is 2.78. The van der Waals surface area contributed by atoms with Gasteiger partial charge in [-0.3, -0.25) is 0 Å². The predicted octanol–water partition coefficient (Wildman–Crippen LogP) is 1.55. The van der Waals surface area contributed by atoms with Gasteiger partial charge in [-0.2, -0.15) is 10.3 Å². The number of benzene rings is 1. The Balaban J connectivity index is 2.65. The number of nitrogens with zero attached hydrogens (tertiary/aromatic N) is 2. The zero-order valence-corrected chi connectivity index (χ0v) is 7.82. The van der Waals surface area contributed by atoms with Crippen molar-refractivity contribution in [3.8, 4) is 6.07 Å². The maximum atomic E-state index is 8.57. The maximum absolute atomic E-state index is 8.57. The first-order valence-corrected chi connectivity index (χ1v) is 4.00. The summed E-state index contributed by atoms with van der Waals surface area (Å²) in [5, 5.41) is 10.3. The van der Waals surface area contributed by atoms with Crippen molar-refractivity contribution in [2.75, 3.05) is 14.2 Å². The van der Waals surface area contributed by atoms with Crippen LogP contribution in [0.15, 0.2) is 24.3 Å². The molecule has 3 nitrogen and oxygen atoms in total. The highest BCUT2D eigenvalue weighted by Gasteiger charge is 1.97. The number of hydrogen-bond donors (Lipinski definition) is 0. The summed E-state index contributed by atoms with van der Waals surface area (Å²) in [5.74, 6) is 0. The summed E-state index contributed by atoms with van der Waals surface area (Å²) in [6, 6.07) is 9.53. The summed E-state index contributed by atoms with van der Waals surface area (Å²) in [6.45, 7) is 0.724. The van der Waals surface area contributed by atoms with Crippen molar-refractivity contribution < 1.29 is 4.84 Å². The minimum atomic E-state index is 0.684. The molecule has 0 unspecified atom stereocenters. The SMILES string of the molecule is CON(C)Cc1ccc(C#N)cc1. The normalized spacial score (nSPS) is 10.0. The van der Waals surface area contributed by atoms with Crippen LogP contribution in [0.5, 0.6) is 0 Å². The van der Waals surface area contributed by atoms with E-state index in [0.29, 0.717) is 5.56 Å². The van der Waals surface area contributed by atoms with Crippen molar-refractivity contribution in [1.29, 1.82) is 5.26 Å². The van der Waals surface area contributed by atoms with Gasteiger partial charge < -0.3 is 4.84 Å². The third kappa shape index (κ3) is 2.86. The van der Waals surface area contributed by atoms with Crippen LogP contribution < -0.4 is 0 Å². The Kier molecular flexibility index (Phi) is 3.44. The quantitative estimate of drug-likeness (QED) is 0.655. The zero-order chi connectivity index (χ0) is 9.68. The van der Waals surface area contributed by atoms with E-state index in [1.54, 1.807) is 24.3 Å². The number of nitriles is 1.